The summed E-state index contributed by atoms with van der Waals surface area (Å²) in [6.45, 7) is 2.45. The molecule has 0 aromatic heterocycles. The number of nitrogens with one attached hydrogen (secondary N) is 2. The summed E-state index contributed by atoms with van der Waals surface area (Å²) in [4.78, 5) is 4.27. The van der Waals surface area contributed by atoms with Gasteiger partial charge in [0.2, 0.25) is 5.96 Å². The SMILES string of the molecule is C/C=N/NC1=NCc2cc(Cl)ccc2N1. The maximum Gasteiger partial charge on any atom is 0.216 e. The normalized spacial score (nSPS) is 14.4. The van der Waals surface area contributed by atoms with Crippen LogP contribution in [0.5, 0.6) is 0 Å². The second-order valence-corrected chi connectivity index (χ2v) is 3.53. The summed E-state index contributed by atoms with van der Waals surface area (Å²) < 4.78 is 0. The van der Waals surface area contributed by atoms with E-state index in [0.29, 0.717) is 12.5 Å². The summed E-state index contributed by atoms with van der Waals surface area (Å²) in [5, 5.41) is 7.75. The molecule has 0 radical (unpaired) electrons. The Kier molecular flexibility index (Phi) is 2.87. The fraction of sp³-hybridized carbons (Fsp3) is 0.200. The van der Waals surface area contributed by atoms with Gasteiger partial charge in [-0.25, -0.2) is 10.4 Å². The van der Waals surface area contributed by atoms with Gasteiger partial charge in [0.05, 0.1) is 6.54 Å². The van der Waals surface area contributed by atoms with Gasteiger partial charge in [0.25, 0.3) is 0 Å². The molecule has 0 aliphatic carbocycles. The molecule has 1 heterocycles. The van der Waals surface area contributed by atoms with Crippen LogP contribution >= 0.6 is 11.6 Å². The molecule has 0 spiro atoms. The van der Waals surface area contributed by atoms with Gasteiger partial charge in [-0.2, -0.15) is 5.10 Å². The topological polar surface area (TPSA) is 48.8 Å². The lowest BCUT2D eigenvalue weighted by atomic mass is 10.1. The number of rotatable bonds is 1. The molecule has 2 N–H and O–H groups in total. The summed E-state index contributed by atoms with van der Waals surface area (Å²) in [6.07, 6.45) is 1.67. The second-order valence-electron chi connectivity index (χ2n) is 3.09. The van der Waals surface area contributed by atoms with Gasteiger partial charge < -0.3 is 5.32 Å². The molecule has 0 amide bonds. The van der Waals surface area contributed by atoms with E-state index >= 15 is 0 Å². The fourth-order valence-electron chi connectivity index (χ4n) is 1.34. The lowest BCUT2D eigenvalue weighted by Gasteiger charge is -2.17. The number of nitrogens with zero attached hydrogens (tertiary/aromatic N) is 2. The van der Waals surface area contributed by atoms with Crippen LogP contribution in [0.25, 0.3) is 0 Å². The first kappa shape index (κ1) is 9.98. The zero-order valence-electron chi connectivity index (χ0n) is 8.29. The molecule has 1 aromatic carbocycles. The number of hydrazone groups is 1. The van der Waals surface area contributed by atoms with Crippen LogP contribution in [0.3, 0.4) is 0 Å². The van der Waals surface area contributed by atoms with Gasteiger partial charge in [0, 0.05) is 16.9 Å². The molecule has 1 aliphatic rings. The van der Waals surface area contributed by atoms with Crippen molar-refractivity contribution in [2.75, 3.05) is 5.32 Å². The van der Waals surface area contributed by atoms with E-state index in [1.54, 1.807) is 6.21 Å². The molecule has 0 atom stereocenters. The summed E-state index contributed by atoms with van der Waals surface area (Å²) in [7, 11) is 0. The van der Waals surface area contributed by atoms with Crippen LogP contribution in [0, 0.1) is 0 Å². The highest BCUT2D eigenvalue weighted by Gasteiger charge is 2.10. The van der Waals surface area contributed by atoms with Crippen molar-refractivity contribution in [2.45, 2.75) is 13.5 Å². The molecular weight excluding hydrogens is 212 g/mol. The predicted octanol–water partition coefficient (Wildman–Crippen LogP) is 2.22. The van der Waals surface area contributed by atoms with Crippen molar-refractivity contribution in [2.24, 2.45) is 10.1 Å². The minimum Gasteiger partial charge on any atom is -0.325 e. The second kappa shape index (κ2) is 4.31. The van der Waals surface area contributed by atoms with Gasteiger partial charge in [-0.15, -0.1) is 0 Å². The quantitative estimate of drug-likeness (QED) is 0.566. The van der Waals surface area contributed by atoms with Crippen LogP contribution in [-0.4, -0.2) is 12.2 Å². The molecule has 1 aromatic rings. The largest absolute Gasteiger partial charge is 0.325 e. The highest BCUT2D eigenvalue weighted by Crippen LogP contribution is 2.23. The third-order valence-corrected chi connectivity index (χ3v) is 2.26. The first-order chi connectivity index (χ1) is 7.29. The predicted molar refractivity (Wildman–Crippen MR) is 63.5 cm³/mol. The van der Waals surface area contributed by atoms with Crippen molar-refractivity contribution >= 4 is 29.5 Å². The van der Waals surface area contributed by atoms with Crippen molar-refractivity contribution in [3.8, 4) is 0 Å². The van der Waals surface area contributed by atoms with E-state index in [4.69, 9.17) is 11.6 Å². The van der Waals surface area contributed by atoms with E-state index in [2.05, 4.69) is 20.8 Å². The first-order valence-corrected chi connectivity index (χ1v) is 5.01. The van der Waals surface area contributed by atoms with E-state index in [9.17, 15) is 0 Å². The number of hydrogen-bond acceptors (Lipinski definition) is 4. The molecule has 78 valence electrons. The molecule has 4 nitrogen and oxygen atoms in total. The van der Waals surface area contributed by atoms with Crippen LogP contribution in [0.2, 0.25) is 5.02 Å². The summed E-state index contributed by atoms with van der Waals surface area (Å²) in [5.74, 6) is 0.655. The molecule has 1 aliphatic heterocycles. The van der Waals surface area contributed by atoms with Crippen molar-refractivity contribution in [3.05, 3.63) is 28.8 Å². The molecular formula is C10H11ClN4. The van der Waals surface area contributed by atoms with E-state index in [-0.39, 0.29) is 0 Å². The molecule has 0 fully saturated rings. The summed E-state index contributed by atoms with van der Waals surface area (Å²) in [5.41, 5.74) is 4.91. The average Bonchev–Trinajstić information content (AvgIpc) is 2.26. The molecule has 0 unspecified atom stereocenters. The molecule has 0 bridgehead atoms. The van der Waals surface area contributed by atoms with Crippen molar-refractivity contribution in [1.29, 1.82) is 0 Å². The maximum absolute atomic E-state index is 5.88. The summed E-state index contributed by atoms with van der Waals surface area (Å²) >= 11 is 5.88. The lowest BCUT2D eigenvalue weighted by Crippen LogP contribution is -2.29. The fourth-order valence-corrected chi connectivity index (χ4v) is 1.53. The van der Waals surface area contributed by atoms with Crippen LogP contribution < -0.4 is 10.7 Å². The van der Waals surface area contributed by atoms with Gasteiger partial charge in [-0.1, -0.05) is 11.6 Å². The minimum atomic E-state index is 0.616. The van der Waals surface area contributed by atoms with Crippen molar-refractivity contribution in [1.82, 2.24) is 5.43 Å². The number of hydrogen-bond donors (Lipinski definition) is 2. The van der Waals surface area contributed by atoms with E-state index in [1.807, 2.05) is 25.1 Å². The van der Waals surface area contributed by atoms with Gasteiger partial charge in [0.15, 0.2) is 0 Å². The van der Waals surface area contributed by atoms with E-state index in [1.165, 1.54) is 0 Å². The molecule has 15 heavy (non-hydrogen) atoms. The smallest absolute Gasteiger partial charge is 0.216 e. The zero-order chi connectivity index (χ0) is 10.7. The Hall–Kier alpha value is -1.55. The number of aliphatic imine (C=N–C) groups is 1. The molecule has 2 rings (SSSR count). The number of guanidine groups is 1. The number of benzene rings is 1. The first-order valence-electron chi connectivity index (χ1n) is 4.63. The van der Waals surface area contributed by atoms with Gasteiger partial charge in [-0.05, 0) is 30.7 Å². The zero-order valence-corrected chi connectivity index (χ0v) is 9.04. The van der Waals surface area contributed by atoms with Gasteiger partial charge >= 0.3 is 0 Å². The minimum absolute atomic E-state index is 0.616. The van der Waals surface area contributed by atoms with Crippen molar-refractivity contribution < 1.29 is 0 Å². The van der Waals surface area contributed by atoms with E-state index in [0.717, 1.165) is 16.3 Å². The standard InChI is InChI=1S/C10H11ClN4/c1-2-13-15-10-12-6-7-5-8(11)3-4-9(7)14-10/h2-5H,6H2,1H3,(H2,12,14,15)/b13-2+. The number of halogens is 1. The van der Waals surface area contributed by atoms with Crippen LogP contribution in [0.4, 0.5) is 5.69 Å². The van der Waals surface area contributed by atoms with Gasteiger partial charge in [-0.3, -0.25) is 0 Å². The Labute approximate surface area is 93.0 Å². The van der Waals surface area contributed by atoms with Crippen LogP contribution in [0.1, 0.15) is 12.5 Å². The van der Waals surface area contributed by atoms with Gasteiger partial charge in [0.1, 0.15) is 0 Å². The lowest BCUT2D eigenvalue weighted by molar-refractivity contribution is 0.954. The Balaban J connectivity index is 2.16. The summed E-state index contributed by atoms with van der Waals surface area (Å²) in [6, 6.07) is 5.69. The molecule has 5 heteroatoms. The Morgan fingerprint density at radius 2 is 2.47 bits per heavy atom. The van der Waals surface area contributed by atoms with Crippen molar-refractivity contribution in [3.63, 3.8) is 0 Å². The van der Waals surface area contributed by atoms with E-state index < -0.39 is 0 Å². The third-order valence-electron chi connectivity index (χ3n) is 2.03. The Morgan fingerprint density at radius 1 is 1.60 bits per heavy atom. The highest BCUT2D eigenvalue weighted by atomic mass is 35.5. The molecule has 0 saturated heterocycles. The third kappa shape index (κ3) is 2.27. The van der Waals surface area contributed by atoms with Crippen LogP contribution in [-0.2, 0) is 6.54 Å². The Bertz CT molecular complexity index is 425. The Morgan fingerprint density at radius 3 is 3.27 bits per heavy atom. The number of anilines is 1. The average molecular weight is 223 g/mol. The van der Waals surface area contributed by atoms with Crippen LogP contribution in [0.15, 0.2) is 28.3 Å². The number of fused-ring (bicyclic) bond motifs is 1. The monoisotopic (exact) mass is 222 g/mol. The molecule has 0 saturated carbocycles. The maximum atomic E-state index is 5.88. The highest BCUT2D eigenvalue weighted by molar-refractivity contribution is 6.30.